The van der Waals surface area contributed by atoms with E-state index in [0.717, 1.165) is 29.7 Å². The van der Waals surface area contributed by atoms with Crippen molar-refractivity contribution in [2.45, 2.75) is 35.9 Å². The molecule has 3 atom stereocenters. The van der Waals surface area contributed by atoms with E-state index in [0.29, 0.717) is 30.1 Å². The molecular weight excluding hydrogens is 422 g/mol. The largest absolute Gasteiger partial charge is 0.592 e. The average Bonchev–Trinajstić information content (AvgIpc) is 3.53. The maximum absolute atomic E-state index is 13.4. The second-order valence-electron chi connectivity index (χ2n) is 7.84. The first kappa shape index (κ1) is 19.8. The maximum Gasteiger partial charge on any atom is 0.229 e. The van der Waals surface area contributed by atoms with Crippen molar-refractivity contribution in [1.82, 2.24) is 24.2 Å². The third-order valence-corrected chi connectivity index (χ3v) is 9.21. The molecule has 5 rings (SSSR count). The molecule has 3 unspecified atom stereocenters. The van der Waals surface area contributed by atoms with Gasteiger partial charge in [-0.15, -0.1) is 4.31 Å². The first-order valence-electron chi connectivity index (χ1n) is 10.2. The summed E-state index contributed by atoms with van der Waals surface area (Å²) in [5.74, 6) is 0.491. The van der Waals surface area contributed by atoms with Gasteiger partial charge in [0.15, 0.2) is 10.4 Å². The van der Waals surface area contributed by atoms with Crippen molar-refractivity contribution in [2.75, 3.05) is 19.6 Å². The molecule has 158 valence electrons. The minimum atomic E-state index is -3.54. The highest BCUT2D eigenvalue weighted by Gasteiger charge is 2.41. The van der Waals surface area contributed by atoms with Gasteiger partial charge in [0.1, 0.15) is 5.82 Å². The van der Waals surface area contributed by atoms with E-state index < -0.39 is 10.4 Å². The summed E-state index contributed by atoms with van der Waals surface area (Å²) in [6.07, 6.45) is 6.60. The van der Waals surface area contributed by atoms with Gasteiger partial charge >= 0.3 is 0 Å². The molecular formula is C20H23N5O3S2. The molecule has 2 aliphatic rings. The molecule has 0 saturated carbocycles. The summed E-state index contributed by atoms with van der Waals surface area (Å²) in [6.45, 7) is 1.38. The van der Waals surface area contributed by atoms with Crippen LogP contribution < -0.4 is 0 Å². The van der Waals surface area contributed by atoms with E-state index in [9.17, 15) is 13.6 Å². The topological polar surface area (TPSA) is 105 Å². The smallest absolute Gasteiger partial charge is 0.229 e. The molecule has 30 heavy (non-hydrogen) atoms. The first-order valence-corrected chi connectivity index (χ1v) is 12.5. The van der Waals surface area contributed by atoms with Gasteiger partial charge in [-0.2, -0.15) is 0 Å². The van der Waals surface area contributed by atoms with Crippen molar-refractivity contribution in [1.29, 1.82) is 0 Å². The number of amides is 1. The van der Waals surface area contributed by atoms with Gasteiger partial charge in [-0.25, -0.2) is 4.98 Å². The van der Waals surface area contributed by atoms with Crippen LogP contribution in [-0.2, 0) is 19.4 Å². The SMILES string of the molecule is O=C(C1CCCN([S+](=O)([O-])c2cccs2)C1)N1CCCC1c1nc2ccncc2[nH]1. The summed E-state index contributed by atoms with van der Waals surface area (Å²) in [5, 5.41) is 1.76. The van der Waals surface area contributed by atoms with E-state index in [2.05, 4.69) is 15.0 Å². The maximum atomic E-state index is 13.4. The molecule has 1 N–H and O–H groups in total. The number of piperidine rings is 1. The summed E-state index contributed by atoms with van der Waals surface area (Å²) in [4.78, 5) is 27.4. The van der Waals surface area contributed by atoms with E-state index in [4.69, 9.17) is 0 Å². The van der Waals surface area contributed by atoms with Crippen LogP contribution in [0.25, 0.3) is 11.0 Å². The number of rotatable bonds is 4. The summed E-state index contributed by atoms with van der Waals surface area (Å²) in [5.41, 5.74) is 1.70. The quantitative estimate of drug-likeness (QED) is 0.622. The van der Waals surface area contributed by atoms with Gasteiger partial charge in [0.05, 0.1) is 35.7 Å². The number of aromatic nitrogens is 3. The highest BCUT2D eigenvalue weighted by atomic mass is 32.3. The molecule has 0 bridgehead atoms. The lowest BCUT2D eigenvalue weighted by molar-refractivity contribution is -0.137. The van der Waals surface area contributed by atoms with Crippen LogP contribution in [0.5, 0.6) is 0 Å². The number of H-pyrrole nitrogens is 1. The fourth-order valence-electron chi connectivity index (χ4n) is 4.48. The molecule has 3 aromatic rings. The van der Waals surface area contributed by atoms with Crippen molar-refractivity contribution >= 4 is 38.7 Å². The summed E-state index contributed by atoms with van der Waals surface area (Å²) in [7, 11) is -3.54. The molecule has 8 nitrogen and oxygen atoms in total. The molecule has 0 aromatic carbocycles. The van der Waals surface area contributed by atoms with Gasteiger partial charge in [-0.1, -0.05) is 15.5 Å². The number of imidazole rings is 1. The molecule has 2 fully saturated rings. The minimum absolute atomic E-state index is 0.0298. The van der Waals surface area contributed by atoms with E-state index in [1.807, 2.05) is 11.0 Å². The van der Waals surface area contributed by atoms with Crippen molar-refractivity contribution < 1.29 is 13.6 Å². The standard InChI is InChI=1S/C20H23N5O3S2/c26-20(14-4-1-9-24(13-14)30(27,28)18-6-3-11-29-18)25-10-2-5-17(25)19-22-15-7-8-21-12-16(15)23-19/h3,6-8,11-12,14,17H,1-2,4-5,9-10,13H2,(H-,21,22,23,27,28). The Morgan fingerprint density at radius 1 is 1.27 bits per heavy atom. The van der Waals surface area contributed by atoms with Crippen LogP contribution >= 0.6 is 11.3 Å². The minimum Gasteiger partial charge on any atom is -0.592 e. The van der Waals surface area contributed by atoms with Gasteiger partial charge in [-0.3, -0.25) is 9.78 Å². The number of hydrogen-bond donors (Lipinski definition) is 1. The van der Waals surface area contributed by atoms with Crippen LogP contribution in [-0.4, -0.2) is 54.3 Å². The Hall–Kier alpha value is -2.14. The highest BCUT2D eigenvalue weighted by molar-refractivity contribution is 7.97. The monoisotopic (exact) mass is 445 g/mol. The predicted molar refractivity (Wildman–Crippen MR) is 113 cm³/mol. The van der Waals surface area contributed by atoms with E-state index >= 15 is 0 Å². The van der Waals surface area contributed by atoms with Crippen molar-refractivity contribution in [3.05, 3.63) is 41.8 Å². The zero-order valence-electron chi connectivity index (χ0n) is 16.4. The molecule has 2 aliphatic heterocycles. The van der Waals surface area contributed by atoms with E-state index in [-0.39, 0.29) is 24.4 Å². The van der Waals surface area contributed by atoms with Gasteiger partial charge in [0.25, 0.3) is 0 Å². The number of likely N-dealkylation sites (tertiary alicyclic amines) is 1. The van der Waals surface area contributed by atoms with Gasteiger partial charge in [0, 0.05) is 25.4 Å². The van der Waals surface area contributed by atoms with Crippen LogP contribution in [0.15, 0.2) is 40.2 Å². The average molecular weight is 446 g/mol. The second-order valence-corrected chi connectivity index (χ2v) is 11.0. The Bertz CT molecular complexity index is 1070. The van der Waals surface area contributed by atoms with E-state index in [1.54, 1.807) is 29.9 Å². The lowest BCUT2D eigenvalue weighted by atomic mass is 9.97. The van der Waals surface area contributed by atoms with Crippen LogP contribution in [0.1, 0.15) is 37.5 Å². The Kier molecular flexibility index (Phi) is 5.18. The number of carbonyl (C=O) groups is 1. The van der Waals surface area contributed by atoms with Crippen molar-refractivity contribution in [3.63, 3.8) is 0 Å². The first-order chi connectivity index (χ1) is 14.5. The number of fused-ring (bicyclic) bond motifs is 1. The third kappa shape index (κ3) is 3.47. The zero-order valence-corrected chi connectivity index (χ0v) is 18.0. The Labute approximate surface area is 179 Å². The van der Waals surface area contributed by atoms with Crippen LogP contribution in [0.4, 0.5) is 0 Å². The fourth-order valence-corrected chi connectivity index (χ4v) is 7.15. The molecule has 10 heteroatoms. The molecule has 5 heterocycles. The molecule has 0 spiro atoms. The van der Waals surface area contributed by atoms with Crippen molar-refractivity contribution in [3.8, 4) is 0 Å². The third-order valence-electron chi connectivity index (χ3n) is 5.98. The lowest BCUT2D eigenvalue weighted by Gasteiger charge is -2.35. The summed E-state index contributed by atoms with van der Waals surface area (Å²) >= 11 is 1.22. The summed E-state index contributed by atoms with van der Waals surface area (Å²) in [6, 6.07) is 5.11. The Morgan fingerprint density at radius 3 is 2.93 bits per heavy atom. The Morgan fingerprint density at radius 2 is 2.13 bits per heavy atom. The fraction of sp³-hybridized carbons (Fsp3) is 0.450. The Balaban J connectivity index is 1.35. The molecule has 0 radical (unpaired) electrons. The number of nitrogens with zero attached hydrogens (tertiary/aromatic N) is 4. The van der Waals surface area contributed by atoms with Gasteiger partial charge in [-0.05, 0) is 43.2 Å². The molecule has 1 amide bonds. The number of nitrogens with one attached hydrogen (secondary N) is 1. The molecule has 2 saturated heterocycles. The van der Waals surface area contributed by atoms with Crippen molar-refractivity contribution in [2.24, 2.45) is 5.92 Å². The lowest BCUT2D eigenvalue weighted by Crippen LogP contribution is -2.48. The van der Waals surface area contributed by atoms with Gasteiger partial charge < -0.3 is 14.4 Å². The summed E-state index contributed by atoms with van der Waals surface area (Å²) < 4.78 is 27.6. The number of carbonyl (C=O) groups excluding carboxylic acids is 1. The number of sulfonamides is 1. The van der Waals surface area contributed by atoms with Crippen LogP contribution in [0, 0.1) is 5.92 Å². The van der Waals surface area contributed by atoms with Crippen LogP contribution in [0.3, 0.4) is 0 Å². The zero-order chi connectivity index (χ0) is 20.7. The second kappa shape index (κ2) is 7.84. The van der Waals surface area contributed by atoms with E-state index in [1.165, 1.54) is 15.6 Å². The highest BCUT2D eigenvalue weighted by Crippen LogP contribution is 2.35. The number of aromatic amines is 1. The predicted octanol–water partition coefficient (Wildman–Crippen LogP) is 3.00. The normalized spacial score (nSPS) is 24.9. The molecule has 0 aliphatic carbocycles. The van der Waals surface area contributed by atoms with Crippen LogP contribution in [0.2, 0.25) is 0 Å². The number of pyridine rings is 1. The van der Waals surface area contributed by atoms with Gasteiger partial charge in [0.2, 0.25) is 10.1 Å². The number of thiophene rings is 1. The molecule has 3 aromatic heterocycles. The number of hydrogen-bond acceptors (Lipinski definition) is 6.